The summed E-state index contributed by atoms with van der Waals surface area (Å²) >= 11 is 7.61. The summed E-state index contributed by atoms with van der Waals surface area (Å²) in [5.74, 6) is -2.42. The molecular formula is C8H4ClIO3. The number of carbonyl (C=O) groups is 2. The molecule has 13 heavy (non-hydrogen) atoms. The van der Waals surface area contributed by atoms with E-state index in [0.29, 0.717) is 5.02 Å². The molecule has 0 aliphatic rings. The van der Waals surface area contributed by atoms with Crippen LogP contribution in [-0.2, 0) is 4.79 Å². The quantitative estimate of drug-likeness (QED) is 0.518. The van der Waals surface area contributed by atoms with Gasteiger partial charge < -0.3 is 5.11 Å². The maximum Gasteiger partial charge on any atom is 0.377 e. The van der Waals surface area contributed by atoms with Gasteiger partial charge in [-0.2, -0.15) is 0 Å². The van der Waals surface area contributed by atoms with E-state index in [4.69, 9.17) is 16.7 Å². The standard InChI is InChI=1S/C8H4ClIO3/c9-5-1-4(2-6(10)3-5)7(11)8(12)13/h1-3H,(H,12,13). The predicted octanol–water partition coefficient (Wildman–Crippen LogP) is 2.21. The van der Waals surface area contributed by atoms with Crippen molar-refractivity contribution < 1.29 is 14.7 Å². The van der Waals surface area contributed by atoms with Crippen LogP contribution in [0.3, 0.4) is 0 Å². The van der Waals surface area contributed by atoms with E-state index >= 15 is 0 Å². The van der Waals surface area contributed by atoms with Crippen molar-refractivity contribution in [3.63, 3.8) is 0 Å². The summed E-state index contributed by atoms with van der Waals surface area (Å²) in [7, 11) is 0. The number of rotatable bonds is 2. The molecule has 0 heterocycles. The van der Waals surface area contributed by atoms with Crippen LogP contribution in [0.15, 0.2) is 18.2 Å². The highest BCUT2D eigenvalue weighted by Crippen LogP contribution is 2.17. The lowest BCUT2D eigenvalue weighted by molar-refractivity contribution is -0.131. The Morgan fingerprint density at radius 3 is 2.38 bits per heavy atom. The maximum absolute atomic E-state index is 11.0. The second kappa shape index (κ2) is 4.06. The van der Waals surface area contributed by atoms with Crippen LogP contribution in [0.2, 0.25) is 5.02 Å². The first-order valence-electron chi connectivity index (χ1n) is 3.24. The maximum atomic E-state index is 11.0. The molecule has 0 saturated heterocycles. The summed E-state index contributed by atoms with van der Waals surface area (Å²) in [5.41, 5.74) is 0.101. The van der Waals surface area contributed by atoms with Gasteiger partial charge in [-0.15, -0.1) is 0 Å². The van der Waals surface area contributed by atoms with Gasteiger partial charge in [-0.05, 0) is 40.8 Å². The van der Waals surface area contributed by atoms with Crippen LogP contribution in [0.5, 0.6) is 0 Å². The Hall–Kier alpha value is -0.620. The lowest BCUT2D eigenvalue weighted by atomic mass is 10.1. The zero-order chi connectivity index (χ0) is 10.0. The fraction of sp³-hybridized carbons (Fsp3) is 0. The average molecular weight is 310 g/mol. The molecule has 1 N–H and O–H groups in total. The van der Waals surface area contributed by atoms with Crippen LogP contribution < -0.4 is 0 Å². The highest BCUT2D eigenvalue weighted by atomic mass is 127. The van der Waals surface area contributed by atoms with Crippen LogP contribution in [0, 0.1) is 3.57 Å². The minimum Gasteiger partial charge on any atom is -0.475 e. The molecule has 0 unspecified atom stereocenters. The molecule has 1 rings (SSSR count). The molecule has 0 aromatic heterocycles. The Morgan fingerprint density at radius 2 is 1.92 bits per heavy atom. The van der Waals surface area contributed by atoms with Crippen LogP contribution in [0.4, 0.5) is 0 Å². The van der Waals surface area contributed by atoms with Gasteiger partial charge in [0.2, 0.25) is 0 Å². The lowest BCUT2D eigenvalue weighted by Crippen LogP contribution is -2.12. The van der Waals surface area contributed by atoms with Crippen molar-refractivity contribution in [3.8, 4) is 0 Å². The van der Waals surface area contributed by atoms with Crippen molar-refractivity contribution in [2.45, 2.75) is 0 Å². The van der Waals surface area contributed by atoms with Gasteiger partial charge in [0.1, 0.15) is 0 Å². The molecule has 0 atom stereocenters. The van der Waals surface area contributed by atoms with Gasteiger partial charge in [0.25, 0.3) is 5.78 Å². The minimum absolute atomic E-state index is 0.101. The van der Waals surface area contributed by atoms with E-state index in [1.54, 1.807) is 6.07 Å². The SMILES string of the molecule is O=C(O)C(=O)c1cc(Cl)cc(I)c1. The zero-order valence-corrected chi connectivity index (χ0v) is 9.17. The van der Waals surface area contributed by atoms with E-state index in [9.17, 15) is 9.59 Å². The average Bonchev–Trinajstić information content (AvgIpc) is 2.01. The molecule has 0 aliphatic heterocycles. The van der Waals surface area contributed by atoms with Crippen molar-refractivity contribution in [1.82, 2.24) is 0 Å². The van der Waals surface area contributed by atoms with Gasteiger partial charge in [-0.1, -0.05) is 11.6 Å². The second-order valence-electron chi connectivity index (χ2n) is 2.29. The number of hydrogen-bond acceptors (Lipinski definition) is 2. The third-order valence-corrected chi connectivity index (χ3v) is 2.16. The third kappa shape index (κ3) is 2.67. The number of halogens is 2. The molecule has 0 spiro atoms. The number of carboxylic acid groups (broad SMARTS) is 1. The highest BCUT2D eigenvalue weighted by Gasteiger charge is 2.15. The summed E-state index contributed by atoms with van der Waals surface area (Å²) in [6.07, 6.45) is 0. The Kier molecular flexibility index (Phi) is 3.27. The second-order valence-corrected chi connectivity index (χ2v) is 3.97. The van der Waals surface area contributed by atoms with Crippen LogP contribution in [0.1, 0.15) is 10.4 Å². The van der Waals surface area contributed by atoms with Crippen molar-refractivity contribution in [1.29, 1.82) is 0 Å². The van der Waals surface area contributed by atoms with Gasteiger partial charge in [0.05, 0.1) is 0 Å². The first-order valence-corrected chi connectivity index (χ1v) is 4.70. The molecule has 0 aliphatic carbocycles. The molecule has 68 valence electrons. The summed E-state index contributed by atoms with van der Waals surface area (Å²) in [5, 5.41) is 8.78. The Morgan fingerprint density at radius 1 is 1.31 bits per heavy atom. The van der Waals surface area contributed by atoms with Gasteiger partial charge in [-0.25, -0.2) is 4.79 Å². The topological polar surface area (TPSA) is 54.4 Å². The van der Waals surface area contributed by atoms with E-state index in [0.717, 1.165) is 3.57 Å². The molecule has 0 amide bonds. The number of benzene rings is 1. The van der Waals surface area contributed by atoms with Gasteiger partial charge >= 0.3 is 5.97 Å². The Labute approximate surface area is 92.8 Å². The minimum atomic E-state index is -1.47. The molecule has 5 heteroatoms. The highest BCUT2D eigenvalue weighted by molar-refractivity contribution is 14.1. The first kappa shape index (κ1) is 10.5. The number of aliphatic carboxylic acids is 1. The number of carbonyl (C=O) groups excluding carboxylic acids is 1. The fourth-order valence-corrected chi connectivity index (χ4v) is 1.90. The summed E-state index contributed by atoms with van der Waals surface area (Å²) in [4.78, 5) is 21.3. The molecular weight excluding hydrogens is 306 g/mol. The summed E-state index contributed by atoms with van der Waals surface area (Å²) in [6, 6.07) is 4.45. The largest absolute Gasteiger partial charge is 0.475 e. The lowest BCUT2D eigenvalue weighted by Gasteiger charge is -1.98. The van der Waals surface area contributed by atoms with Crippen molar-refractivity contribution in [2.24, 2.45) is 0 Å². The fourth-order valence-electron chi connectivity index (χ4n) is 0.808. The van der Waals surface area contributed by atoms with Crippen molar-refractivity contribution >= 4 is 45.9 Å². The van der Waals surface area contributed by atoms with Gasteiger partial charge in [0.15, 0.2) is 0 Å². The van der Waals surface area contributed by atoms with Crippen LogP contribution in [-0.4, -0.2) is 16.9 Å². The zero-order valence-electron chi connectivity index (χ0n) is 6.25. The Bertz CT molecular complexity index is 355. The van der Waals surface area contributed by atoms with Crippen LogP contribution >= 0.6 is 34.2 Å². The van der Waals surface area contributed by atoms with Crippen LogP contribution in [0.25, 0.3) is 0 Å². The molecule has 1 aromatic rings. The normalized spacial score (nSPS) is 9.69. The molecule has 0 radical (unpaired) electrons. The smallest absolute Gasteiger partial charge is 0.377 e. The van der Waals surface area contributed by atoms with E-state index < -0.39 is 11.8 Å². The molecule has 0 saturated carbocycles. The van der Waals surface area contributed by atoms with Crippen molar-refractivity contribution in [3.05, 3.63) is 32.4 Å². The molecule has 3 nitrogen and oxygen atoms in total. The molecule has 0 fully saturated rings. The van der Waals surface area contributed by atoms with E-state index in [1.165, 1.54) is 12.1 Å². The molecule has 0 bridgehead atoms. The van der Waals surface area contributed by atoms with Crippen molar-refractivity contribution in [2.75, 3.05) is 0 Å². The first-order chi connectivity index (χ1) is 6.00. The van der Waals surface area contributed by atoms with E-state index in [-0.39, 0.29) is 5.56 Å². The predicted molar refractivity (Wildman–Crippen MR) is 56.1 cm³/mol. The van der Waals surface area contributed by atoms with Gasteiger partial charge in [0, 0.05) is 14.2 Å². The summed E-state index contributed by atoms with van der Waals surface area (Å²) in [6.45, 7) is 0. The van der Waals surface area contributed by atoms with E-state index in [1.807, 2.05) is 22.6 Å². The number of hydrogen-bond donors (Lipinski definition) is 1. The number of ketones is 1. The number of Topliss-reactive ketones (excluding diaryl/α,β-unsaturated/α-hetero) is 1. The number of carboxylic acids is 1. The van der Waals surface area contributed by atoms with Gasteiger partial charge in [-0.3, -0.25) is 4.79 Å². The third-order valence-electron chi connectivity index (χ3n) is 1.32. The summed E-state index contributed by atoms with van der Waals surface area (Å²) < 4.78 is 0.731. The monoisotopic (exact) mass is 310 g/mol. The Balaban J connectivity index is 3.15. The van der Waals surface area contributed by atoms with E-state index in [2.05, 4.69) is 0 Å². The molecule has 1 aromatic carbocycles.